The second-order valence-electron chi connectivity index (χ2n) is 5.27. The lowest BCUT2D eigenvalue weighted by Gasteiger charge is -2.00. The summed E-state index contributed by atoms with van der Waals surface area (Å²) in [6, 6.07) is 15.2. The van der Waals surface area contributed by atoms with Gasteiger partial charge >= 0.3 is 0 Å². The van der Waals surface area contributed by atoms with Crippen LogP contribution in [0.25, 0.3) is 11.0 Å². The van der Waals surface area contributed by atoms with Crippen LogP contribution in [-0.4, -0.2) is 29.2 Å². The number of benzene rings is 2. The lowest BCUT2D eigenvalue weighted by atomic mass is 10.2. The van der Waals surface area contributed by atoms with Crippen molar-refractivity contribution in [2.75, 3.05) is 7.11 Å². The Bertz CT molecular complexity index is 820. The van der Waals surface area contributed by atoms with Crippen molar-refractivity contribution in [2.24, 2.45) is 5.10 Å². The van der Waals surface area contributed by atoms with Gasteiger partial charge in [0.25, 0.3) is 0 Å². The van der Waals surface area contributed by atoms with Crippen molar-refractivity contribution in [1.82, 2.24) is 15.4 Å². The summed E-state index contributed by atoms with van der Waals surface area (Å²) in [5.74, 6) is 1.42. The van der Waals surface area contributed by atoms with Crippen molar-refractivity contribution in [3.8, 4) is 5.75 Å². The average molecular weight is 322 g/mol. The number of carbonyl (C=O) groups is 1. The van der Waals surface area contributed by atoms with E-state index in [4.69, 9.17) is 4.74 Å². The number of imidazole rings is 1. The van der Waals surface area contributed by atoms with Crippen LogP contribution in [0.2, 0.25) is 0 Å². The quantitative estimate of drug-likeness (QED) is 0.541. The van der Waals surface area contributed by atoms with Crippen molar-refractivity contribution in [3.63, 3.8) is 0 Å². The Labute approximate surface area is 139 Å². The summed E-state index contributed by atoms with van der Waals surface area (Å²) in [4.78, 5) is 19.5. The summed E-state index contributed by atoms with van der Waals surface area (Å²) >= 11 is 0. The van der Waals surface area contributed by atoms with Gasteiger partial charge in [0.1, 0.15) is 11.6 Å². The van der Waals surface area contributed by atoms with Crippen molar-refractivity contribution in [1.29, 1.82) is 0 Å². The lowest BCUT2D eigenvalue weighted by molar-refractivity contribution is -0.121. The number of hydrogen-bond acceptors (Lipinski definition) is 4. The molecule has 0 fully saturated rings. The topological polar surface area (TPSA) is 79.4 Å². The first kappa shape index (κ1) is 15.7. The monoisotopic (exact) mass is 322 g/mol. The van der Waals surface area contributed by atoms with E-state index in [-0.39, 0.29) is 5.91 Å². The van der Waals surface area contributed by atoms with Gasteiger partial charge in [-0.3, -0.25) is 4.79 Å². The number of ether oxygens (including phenoxy) is 1. The van der Waals surface area contributed by atoms with Crippen LogP contribution in [0.1, 0.15) is 17.8 Å². The average Bonchev–Trinajstić information content (AvgIpc) is 3.03. The molecule has 24 heavy (non-hydrogen) atoms. The zero-order valence-corrected chi connectivity index (χ0v) is 13.3. The molecule has 0 aliphatic carbocycles. The number of nitrogens with zero attached hydrogens (tertiary/aromatic N) is 2. The molecule has 0 aliphatic heterocycles. The first-order valence-electron chi connectivity index (χ1n) is 7.64. The minimum Gasteiger partial charge on any atom is -0.497 e. The predicted molar refractivity (Wildman–Crippen MR) is 93.1 cm³/mol. The van der Waals surface area contributed by atoms with Crippen LogP contribution in [0.5, 0.6) is 5.75 Å². The minimum absolute atomic E-state index is 0.153. The van der Waals surface area contributed by atoms with Gasteiger partial charge in [0.15, 0.2) is 0 Å². The number of fused-ring (bicyclic) bond motifs is 1. The van der Waals surface area contributed by atoms with Crippen LogP contribution >= 0.6 is 0 Å². The highest BCUT2D eigenvalue weighted by Gasteiger charge is 2.05. The van der Waals surface area contributed by atoms with E-state index in [1.165, 1.54) is 0 Å². The van der Waals surface area contributed by atoms with E-state index in [9.17, 15) is 4.79 Å². The van der Waals surface area contributed by atoms with Crippen LogP contribution in [-0.2, 0) is 11.2 Å². The Balaban J connectivity index is 1.49. The number of hydrazone groups is 1. The normalized spacial score (nSPS) is 11.0. The first-order valence-corrected chi connectivity index (χ1v) is 7.64. The van der Waals surface area contributed by atoms with Gasteiger partial charge in [-0.15, -0.1) is 0 Å². The molecule has 1 amide bonds. The fourth-order valence-electron chi connectivity index (χ4n) is 2.28. The van der Waals surface area contributed by atoms with E-state index in [1.807, 2.05) is 48.5 Å². The van der Waals surface area contributed by atoms with Gasteiger partial charge in [0, 0.05) is 12.8 Å². The highest BCUT2D eigenvalue weighted by Crippen LogP contribution is 2.11. The van der Waals surface area contributed by atoms with Gasteiger partial charge in [-0.2, -0.15) is 5.10 Å². The molecule has 0 saturated carbocycles. The molecule has 6 heteroatoms. The van der Waals surface area contributed by atoms with Gasteiger partial charge in [0.05, 0.1) is 24.4 Å². The van der Waals surface area contributed by atoms with Crippen molar-refractivity contribution >= 4 is 23.2 Å². The van der Waals surface area contributed by atoms with Gasteiger partial charge in [-0.25, -0.2) is 10.4 Å². The molecular formula is C18H18N4O2. The number of aromatic nitrogens is 2. The Morgan fingerprint density at radius 3 is 2.79 bits per heavy atom. The fourth-order valence-corrected chi connectivity index (χ4v) is 2.28. The molecule has 1 heterocycles. The largest absolute Gasteiger partial charge is 0.497 e. The zero-order valence-electron chi connectivity index (χ0n) is 13.3. The number of aromatic amines is 1. The number of hydrogen-bond donors (Lipinski definition) is 2. The van der Waals surface area contributed by atoms with Crippen molar-refractivity contribution < 1.29 is 9.53 Å². The van der Waals surface area contributed by atoms with E-state index in [2.05, 4.69) is 20.5 Å². The van der Waals surface area contributed by atoms with Crippen LogP contribution in [0, 0.1) is 0 Å². The standard InChI is InChI=1S/C18H18N4O2/c1-24-14-8-6-13(7-9-14)12-19-22-18(23)11-10-17-20-15-4-2-3-5-16(15)21-17/h2-9,12H,10-11H2,1H3,(H,20,21)(H,22,23). The third-order valence-corrected chi connectivity index (χ3v) is 3.55. The van der Waals surface area contributed by atoms with Crippen LogP contribution in [0.15, 0.2) is 53.6 Å². The third-order valence-electron chi connectivity index (χ3n) is 3.55. The van der Waals surface area contributed by atoms with E-state index >= 15 is 0 Å². The number of H-pyrrole nitrogens is 1. The Hall–Kier alpha value is -3.15. The first-order chi connectivity index (χ1) is 11.7. The molecule has 0 radical (unpaired) electrons. The summed E-state index contributed by atoms with van der Waals surface area (Å²) in [6.45, 7) is 0. The number of para-hydroxylation sites is 2. The molecule has 0 unspecified atom stereocenters. The number of methoxy groups -OCH3 is 1. The molecule has 2 N–H and O–H groups in total. The minimum atomic E-state index is -0.153. The Morgan fingerprint density at radius 1 is 1.25 bits per heavy atom. The molecule has 6 nitrogen and oxygen atoms in total. The van der Waals surface area contributed by atoms with Gasteiger partial charge < -0.3 is 9.72 Å². The molecular weight excluding hydrogens is 304 g/mol. The maximum atomic E-state index is 11.8. The second kappa shape index (κ2) is 7.41. The SMILES string of the molecule is COc1ccc(C=NNC(=O)CCc2nc3ccccc3[nH]2)cc1. The zero-order chi connectivity index (χ0) is 16.8. The van der Waals surface area contributed by atoms with E-state index in [1.54, 1.807) is 13.3 Å². The molecule has 0 bridgehead atoms. The Kier molecular flexibility index (Phi) is 4.86. The summed E-state index contributed by atoms with van der Waals surface area (Å²) in [5.41, 5.74) is 5.29. The third kappa shape index (κ3) is 3.98. The van der Waals surface area contributed by atoms with E-state index in [0.717, 1.165) is 28.2 Å². The van der Waals surface area contributed by atoms with Crippen LogP contribution < -0.4 is 10.2 Å². The number of nitrogens with one attached hydrogen (secondary N) is 2. The van der Waals surface area contributed by atoms with Gasteiger partial charge in [-0.1, -0.05) is 12.1 Å². The van der Waals surface area contributed by atoms with Crippen LogP contribution in [0.4, 0.5) is 0 Å². The predicted octanol–water partition coefficient (Wildman–Crippen LogP) is 2.65. The molecule has 1 aromatic heterocycles. The Morgan fingerprint density at radius 2 is 2.04 bits per heavy atom. The van der Waals surface area contributed by atoms with Gasteiger partial charge in [0.2, 0.25) is 5.91 Å². The van der Waals surface area contributed by atoms with E-state index in [0.29, 0.717) is 12.8 Å². The van der Waals surface area contributed by atoms with Crippen molar-refractivity contribution in [2.45, 2.75) is 12.8 Å². The molecule has 0 saturated heterocycles. The molecule has 3 aromatic rings. The molecule has 122 valence electrons. The summed E-state index contributed by atoms with van der Waals surface area (Å²) in [7, 11) is 1.62. The maximum Gasteiger partial charge on any atom is 0.240 e. The van der Waals surface area contributed by atoms with Crippen molar-refractivity contribution in [3.05, 3.63) is 59.9 Å². The molecule has 3 rings (SSSR count). The summed E-state index contributed by atoms with van der Waals surface area (Å²) in [5, 5.41) is 3.96. The maximum absolute atomic E-state index is 11.8. The number of rotatable bonds is 6. The number of aryl methyl sites for hydroxylation is 1. The lowest BCUT2D eigenvalue weighted by Crippen LogP contribution is -2.18. The number of amides is 1. The van der Waals surface area contributed by atoms with Gasteiger partial charge in [-0.05, 0) is 42.0 Å². The smallest absolute Gasteiger partial charge is 0.240 e. The summed E-state index contributed by atoms with van der Waals surface area (Å²) < 4.78 is 5.08. The molecule has 0 aliphatic rings. The summed E-state index contributed by atoms with van der Waals surface area (Å²) in [6.07, 6.45) is 2.46. The molecule has 2 aromatic carbocycles. The highest BCUT2D eigenvalue weighted by molar-refractivity contribution is 5.82. The second-order valence-corrected chi connectivity index (χ2v) is 5.27. The number of carbonyl (C=O) groups excluding carboxylic acids is 1. The van der Waals surface area contributed by atoms with E-state index < -0.39 is 0 Å². The fraction of sp³-hybridized carbons (Fsp3) is 0.167. The molecule has 0 atom stereocenters. The highest BCUT2D eigenvalue weighted by atomic mass is 16.5. The van der Waals surface area contributed by atoms with Crippen LogP contribution in [0.3, 0.4) is 0 Å². The molecule has 0 spiro atoms.